The highest BCUT2D eigenvalue weighted by atomic mass is 32.2. The Morgan fingerprint density at radius 1 is 1.13 bits per heavy atom. The molecule has 1 aliphatic rings. The predicted molar refractivity (Wildman–Crippen MR) is 122 cm³/mol. The van der Waals surface area contributed by atoms with E-state index in [-0.39, 0.29) is 15.8 Å². The zero-order valence-electron chi connectivity index (χ0n) is 18.1. The van der Waals surface area contributed by atoms with E-state index in [9.17, 15) is 13.2 Å². The summed E-state index contributed by atoms with van der Waals surface area (Å²) in [5, 5.41) is 0.235. The number of nitrogens with zero attached hydrogens (tertiary/aromatic N) is 3. The molecule has 3 aromatic rings. The second kappa shape index (κ2) is 7.96. The van der Waals surface area contributed by atoms with Crippen LogP contribution in [0.4, 0.5) is 11.5 Å². The molecule has 3 heterocycles. The molecule has 2 atom stereocenters. The van der Waals surface area contributed by atoms with Crippen LogP contribution in [-0.4, -0.2) is 36.5 Å². The molecule has 1 fully saturated rings. The lowest BCUT2D eigenvalue weighted by atomic mass is 9.92. The summed E-state index contributed by atoms with van der Waals surface area (Å²) in [7, 11) is -3.90. The van der Waals surface area contributed by atoms with Gasteiger partial charge in [-0.1, -0.05) is 13.8 Å². The lowest BCUT2D eigenvalue weighted by Gasteiger charge is -2.35. The van der Waals surface area contributed by atoms with Gasteiger partial charge in [-0.25, -0.2) is 18.4 Å². The molecule has 0 saturated carbocycles. The normalized spacial score (nSPS) is 19.5. The van der Waals surface area contributed by atoms with Crippen LogP contribution in [0.25, 0.3) is 10.9 Å². The van der Waals surface area contributed by atoms with Crippen molar-refractivity contribution in [1.82, 2.24) is 15.0 Å². The van der Waals surface area contributed by atoms with Crippen LogP contribution in [-0.2, 0) is 10.0 Å². The van der Waals surface area contributed by atoms with Crippen molar-refractivity contribution in [1.29, 1.82) is 0 Å². The molecule has 0 radical (unpaired) electrons. The first-order chi connectivity index (χ1) is 14.6. The largest absolute Gasteiger partial charge is 0.356 e. The SMILES string of the molecule is Cc1nc2cc(C)c(S(=O)(=O)Nc3ccc(N4C[C@H](C)C[C@@H](C)C4)nc3)cc2c(=O)[nH]1. The molecule has 0 amide bonds. The highest BCUT2D eigenvalue weighted by molar-refractivity contribution is 7.92. The summed E-state index contributed by atoms with van der Waals surface area (Å²) in [6, 6.07) is 6.55. The number of nitrogens with one attached hydrogen (secondary N) is 2. The molecule has 8 nitrogen and oxygen atoms in total. The van der Waals surface area contributed by atoms with Crippen molar-refractivity contribution in [2.75, 3.05) is 22.7 Å². The third-order valence-corrected chi connectivity index (χ3v) is 7.13. The third kappa shape index (κ3) is 4.41. The molecule has 2 aromatic heterocycles. The molecule has 1 aromatic carbocycles. The number of hydrogen-bond acceptors (Lipinski definition) is 6. The van der Waals surface area contributed by atoms with Crippen molar-refractivity contribution in [2.45, 2.75) is 39.0 Å². The van der Waals surface area contributed by atoms with Gasteiger partial charge in [0.25, 0.3) is 15.6 Å². The zero-order chi connectivity index (χ0) is 22.3. The molecule has 1 aliphatic heterocycles. The number of aromatic amines is 1. The first-order valence-electron chi connectivity index (χ1n) is 10.4. The Kier molecular flexibility index (Phi) is 5.47. The van der Waals surface area contributed by atoms with E-state index in [1.807, 2.05) is 6.07 Å². The van der Waals surface area contributed by atoms with Gasteiger partial charge in [-0.2, -0.15) is 0 Å². The average Bonchev–Trinajstić information content (AvgIpc) is 2.66. The van der Waals surface area contributed by atoms with E-state index < -0.39 is 10.0 Å². The Balaban J connectivity index is 1.60. The fourth-order valence-electron chi connectivity index (χ4n) is 4.37. The van der Waals surface area contributed by atoms with E-state index in [1.54, 1.807) is 26.0 Å². The van der Waals surface area contributed by atoms with Gasteiger partial charge in [-0.15, -0.1) is 0 Å². The smallest absolute Gasteiger partial charge is 0.262 e. The van der Waals surface area contributed by atoms with E-state index in [0.717, 1.165) is 18.9 Å². The number of benzene rings is 1. The van der Waals surface area contributed by atoms with E-state index in [2.05, 4.69) is 38.4 Å². The molecule has 4 rings (SSSR count). The molecule has 0 aliphatic carbocycles. The standard InChI is InChI=1S/C22H27N5O3S/c1-13-7-14(2)12-27(11-13)21-6-5-17(10-23-21)26-31(29,30)20-9-18-19(8-15(20)3)24-16(4)25-22(18)28/h5-6,8-10,13-14,26H,7,11-12H2,1-4H3,(H,24,25,28)/t13-,14-/m1/s1. The Morgan fingerprint density at radius 2 is 1.84 bits per heavy atom. The number of aryl methyl sites for hydroxylation is 2. The molecule has 2 N–H and O–H groups in total. The van der Waals surface area contributed by atoms with Crippen LogP contribution in [0.15, 0.2) is 40.2 Å². The number of pyridine rings is 1. The van der Waals surface area contributed by atoms with Gasteiger partial charge in [-0.05, 0) is 61.9 Å². The van der Waals surface area contributed by atoms with Crippen molar-refractivity contribution in [3.05, 3.63) is 52.2 Å². The Bertz CT molecular complexity index is 1270. The number of anilines is 2. The van der Waals surface area contributed by atoms with Gasteiger partial charge in [0, 0.05) is 13.1 Å². The number of H-pyrrole nitrogens is 1. The van der Waals surface area contributed by atoms with Gasteiger partial charge >= 0.3 is 0 Å². The average molecular weight is 442 g/mol. The lowest BCUT2D eigenvalue weighted by Crippen LogP contribution is -2.39. The minimum atomic E-state index is -3.90. The van der Waals surface area contributed by atoms with E-state index in [0.29, 0.717) is 34.4 Å². The summed E-state index contributed by atoms with van der Waals surface area (Å²) in [5.74, 6) is 2.52. The fourth-order valence-corrected chi connectivity index (χ4v) is 5.67. The number of sulfonamides is 1. The maximum absolute atomic E-state index is 13.0. The summed E-state index contributed by atoms with van der Waals surface area (Å²) in [5.41, 5.74) is 0.985. The van der Waals surface area contributed by atoms with Crippen LogP contribution in [0.5, 0.6) is 0 Å². The highest BCUT2D eigenvalue weighted by Crippen LogP contribution is 2.27. The van der Waals surface area contributed by atoms with Crippen LogP contribution in [0, 0.1) is 25.7 Å². The van der Waals surface area contributed by atoms with Crippen molar-refractivity contribution < 1.29 is 8.42 Å². The maximum Gasteiger partial charge on any atom is 0.262 e. The van der Waals surface area contributed by atoms with Gasteiger partial charge in [0.1, 0.15) is 11.6 Å². The first-order valence-corrected chi connectivity index (χ1v) is 11.9. The van der Waals surface area contributed by atoms with E-state index in [1.165, 1.54) is 18.7 Å². The van der Waals surface area contributed by atoms with Gasteiger partial charge in [0.05, 0.1) is 27.7 Å². The van der Waals surface area contributed by atoms with Gasteiger partial charge < -0.3 is 9.88 Å². The molecule has 0 bridgehead atoms. The minimum Gasteiger partial charge on any atom is -0.356 e. The van der Waals surface area contributed by atoms with Crippen LogP contribution in [0.1, 0.15) is 31.7 Å². The molecule has 1 saturated heterocycles. The van der Waals surface area contributed by atoms with Gasteiger partial charge in [0.15, 0.2) is 0 Å². The summed E-state index contributed by atoms with van der Waals surface area (Å²) in [6.45, 7) is 9.73. The number of piperidine rings is 1. The second-order valence-electron chi connectivity index (χ2n) is 8.65. The van der Waals surface area contributed by atoms with Gasteiger partial charge in [0.2, 0.25) is 0 Å². The maximum atomic E-state index is 13.0. The third-order valence-electron chi connectivity index (χ3n) is 5.60. The summed E-state index contributed by atoms with van der Waals surface area (Å²) >= 11 is 0. The van der Waals surface area contributed by atoms with Crippen LogP contribution >= 0.6 is 0 Å². The van der Waals surface area contributed by atoms with Crippen LogP contribution in [0.2, 0.25) is 0 Å². The number of rotatable bonds is 4. The summed E-state index contributed by atoms with van der Waals surface area (Å²) < 4.78 is 28.6. The molecule has 0 unspecified atom stereocenters. The number of fused-ring (bicyclic) bond motifs is 1. The Hall–Kier alpha value is -2.94. The lowest BCUT2D eigenvalue weighted by molar-refractivity contribution is 0.355. The Labute approximate surface area is 181 Å². The topological polar surface area (TPSA) is 108 Å². The van der Waals surface area contributed by atoms with E-state index >= 15 is 0 Å². The fraction of sp³-hybridized carbons (Fsp3) is 0.409. The molecule has 31 heavy (non-hydrogen) atoms. The second-order valence-corrected chi connectivity index (χ2v) is 10.3. The van der Waals surface area contributed by atoms with Crippen molar-refractivity contribution in [3.8, 4) is 0 Å². The van der Waals surface area contributed by atoms with Crippen LogP contribution in [0.3, 0.4) is 0 Å². The zero-order valence-corrected chi connectivity index (χ0v) is 19.0. The Morgan fingerprint density at radius 3 is 2.48 bits per heavy atom. The molecule has 0 spiro atoms. The predicted octanol–water partition coefficient (Wildman–Crippen LogP) is 3.22. The van der Waals surface area contributed by atoms with Crippen molar-refractivity contribution in [2.24, 2.45) is 11.8 Å². The number of hydrogen-bond donors (Lipinski definition) is 2. The molecular formula is C22H27N5O3S. The quantitative estimate of drug-likeness (QED) is 0.644. The summed E-state index contributed by atoms with van der Waals surface area (Å²) in [6.07, 6.45) is 2.74. The molecule has 164 valence electrons. The highest BCUT2D eigenvalue weighted by Gasteiger charge is 2.23. The monoisotopic (exact) mass is 441 g/mol. The number of aromatic nitrogens is 3. The molecular weight excluding hydrogens is 414 g/mol. The minimum absolute atomic E-state index is 0.0407. The summed E-state index contributed by atoms with van der Waals surface area (Å²) in [4.78, 5) is 25.9. The van der Waals surface area contributed by atoms with Gasteiger partial charge in [-0.3, -0.25) is 9.52 Å². The van der Waals surface area contributed by atoms with Crippen molar-refractivity contribution >= 4 is 32.4 Å². The molecule has 9 heteroatoms. The first kappa shape index (κ1) is 21.3. The van der Waals surface area contributed by atoms with Crippen molar-refractivity contribution in [3.63, 3.8) is 0 Å². The van der Waals surface area contributed by atoms with Crippen LogP contribution < -0.4 is 15.2 Å². The van der Waals surface area contributed by atoms with E-state index in [4.69, 9.17) is 0 Å².